The second kappa shape index (κ2) is 5.41. The van der Waals surface area contributed by atoms with Crippen LogP contribution in [0.15, 0.2) is 18.2 Å². The van der Waals surface area contributed by atoms with E-state index >= 15 is 0 Å². The summed E-state index contributed by atoms with van der Waals surface area (Å²) in [4.78, 5) is 11.6. The fraction of sp³-hybridized carbons (Fsp3) is 0.462. The highest BCUT2D eigenvalue weighted by molar-refractivity contribution is 6.17. The second-order valence-electron chi connectivity index (χ2n) is 4.86. The molecule has 1 aromatic rings. The molecule has 0 heterocycles. The Balaban J connectivity index is 2.82. The van der Waals surface area contributed by atoms with Crippen LogP contribution in [0.4, 0.5) is 10.5 Å². The van der Waals surface area contributed by atoms with Crippen molar-refractivity contribution in [1.29, 1.82) is 0 Å². The smallest absolute Gasteiger partial charge is 0.412 e. The predicted molar refractivity (Wildman–Crippen MR) is 70.6 cm³/mol. The van der Waals surface area contributed by atoms with Crippen molar-refractivity contribution >= 4 is 23.4 Å². The Labute approximate surface area is 107 Å². The van der Waals surface area contributed by atoms with Crippen molar-refractivity contribution < 1.29 is 9.53 Å². The van der Waals surface area contributed by atoms with E-state index in [9.17, 15) is 4.79 Å². The van der Waals surface area contributed by atoms with Crippen molar-refractivity contribution in [1.82, 2.24) is 0 Å². The third-order valence-electron chi connectivity index (χ3n) is 2.18. The van der Waals surface area contributed by atoms with Crippen LogP contribution in [0.5, 0.6) is 0 Å². The molecule has 0 aliphatic heterocycles. The molecule has 0 aliphatic rings. The van der Waals surface area contributed by atoms with Crippen LogP contribution in [0, 0.1) is 6.92 Å². The van der Waals surface area contributed by atoms with Gasteiger partial charge in [-0.05, 0) is 44.9 Å². The molecule has 0 atom stereocenters. The van der Waals surface area contributed by atoms with Crippen LogP contribution in [0.3, 0.4) is 0 Å². The molecule has 1 rings (SSSR count). The van der Waals surface area contributed by atoms with Crippen LogP contribution in [-0.2, 0) is 10.6 Å². The molecule has 4 heteroatoms. The summed E-state index contributed by atoms with van der Waals surface area (Å²) in [6, 6.07) is 5.64. The molecule has 0 spiro atoms. The largest absolute Gasteiger partial charge is 0.444 e. The van der Waals surface area contributed by atoms with Gasteiger partial charge in [-0.25, -0.2) is 4.79 Å². The van der Waals surface area contributed by atoms with E-state index < -0.39 is 11.7 Å². The van der Waals surface area contributed by atoms with Gasteiger partial charge in [0.2, 0.25) is 0 Å². The molecule has 94 valence electrons. The number of rotatable bonds is 2. The highest BCUT2D eigenvalue weighted by atomic mass is 35.5. The summed E-state index contributed by atoms with van der Waals surface area (Å²) >= 11 is 5.86. The number of carbonyl (C=O) groups is 1. The van der Waals surface area contributed by atoms with Gasteiger partial charge >= 0.3 is 6.09 Å². The molecule has 0 aromatic heterocycles. The first-order chi connectivity index (χ1) is 7.83. The highest BCUT2D eigenvalue weighted by Gasteiger charge is 2.17. The third-order valence-corrected chi connectivity index (χ3v) is 2.45. The van der Waals surface area contributed by atoms with E-state index in [1.165, 1.54) is 0 Å². The number of benzene rings is 1. The van der Waals surface area contributed by atoms with Gasteiger partial charge in [0, 0.05) is 11.6 Å². The Morgan fingerprint density at radius 3 is 2.59 bits per heavy atom. The van der Waals surface area contributed by atoms with Gasteiger partial charge in [0.15, 0.2) is 0 Å². The van der Waals surface area contributed by atoms with E-state index in [0.717, 1.165) is 11.1 Å². The zero-order chi connectivity index (χ0) is 13.1. The summed E-state index contributed by atoms with van der Waals surface area (Å²) in [6.07, 6.45) is -0.463. The zero-order valence-electron chi connectivity index (χ0n) is 10.6. The molecule has 1 amide bonds. The third kappa shape index (κ3) is 4.27. The lowest BCUT2D eigenvalue weighted by molar-refractivity contribution is 0.0636. The van der Waals surface area contributed by atoms with Crippen LogP contribution in [0.2, 0.25) is 0 Å². The molecule has 0 unspecified atom stereocenters. The van der Waals surface area contributed by atoms with Crippen LogP contribution in [0.1, 0.15) is 31.9 Å². The monoisotopic (exact) mass is 255 g/mol. The van der Waals surface area contributed by atoms with Gasteiger partial charge in [0.05, 0.1) is 0 Å². The summed E-state index contributed by atoms with van der Waals surface area (Å²) in [7, 11) is 0. The van der Waals surface area contributed by atoms with Crippen LogP contribution in [0.25, 0.3) is 0 Å². The summed E-state index contributed by atoms with van der Waals surface area (Å²) in [5, 5.41) is 2.71. The SMILES string of the molecule is Cc1cccc(NC(=O)OC(C)(C)C)c1CCl. The quantitative estimate of drug-likeness (QED) is 0.809. The number of halogens is 1. The van der Waals surface area contributed by atoms with Crippen molar-refractivity contribution in [2.45, 2.75) is 39.2 Å². The average Bonchev–Trinajstić information content (AvgIpc) is 2.14. The first-order valence-corrected chi connectivity index (χ1v) is 6.01. The van der Waals surface area contributed by atoms with Gasteiger partial charge in [0.1, 0.15) is 5.60 Å². The number of ether oxygens (including phenoxy) is 1. The van der Waals surface area contributed by atoms with Gasteiger partial charge < -0.3 is 4.74 Å². The number of carbonyl (C=O) groups excluding carboxylic acids is 1. The van der Waals surface area contributed by atoms with E-state index in [0.29, 0.717) is 11.6 Å². The summed E-state index contributed by atoms with van der Waals surface area (Å²) in [5.74, 6) is 0.359. The van der Waals surface area contributed by atoms with Crippen LogP contribution < -0.4 is 5.32 Å². The lowest BCUT2D eigenvalue weighted by atomic mass is 10.1. The molecule has 3 nitrogen and oxygen atoms in total. The molecule has 0 bridgehead atoms. The number of nitrogens with one attached hydrogen (secondary N) is 1. The highest BCUT2D eigenvalue weighted by Crippen LogP contribution is 2.22. The molecule has 0 saturated carbocycles. The van der Waals surface area contributed by atoms with Crippen molar-refractivity contribution in [3.05, 3.63) is 29.3 Å². The van der Waals surface area contributed by atoms with Gasteiger partial charge in [-0.15, -0.1) is 11.6 Å². The lowest BCUT2D eigenvalue weighted by Crippen LogP contribution is -2.27. The summed E-state index contributed by atoms with van der Waals surface area (Å²) in [6.45, 7) is 7.43. The van der Waals surface area contributed by atoms with E-state index in [1.54, 1.807) is 0 Å². The summed E-state index contributed by atoms with van der Waals surface area (Å²) < 4.78 is 5.19. The van der Waals surface area contributed by atoms with E-state index in [1.807, 2.05) is 45.9 Å². The van der Waals surface area contributed by atoms with Crippen molar-refractivity contribution in [3.8, 4) is 0 Å². The molecule has 1 N–H and O–H groups in total. The summed E-state index contributed by atoms with van der Waals surface area (Å²) in [5.41, 5.74) is 2.16. The maximum atomic E-state index is 11.6. The van der Waals surface area contributed by atoms with Crippen LogP contribution in [-0.4, -0.2) is 11.7 Å². The Morgan fingerprint density at radius 2 is 2.06 bits per heavy atom. The topological polar surface area (TPSA) is 38.3 Å². The maximum Gasteiger partial charge on any atom is 0.412 e. The average molecular weight is 256 g/mol. The maximum absolute atomic E-state index is 11.6. The van der Waals surface area contributed by atoms with Gasteiger partial charge in [-0.3, -0.25) is 5.32 Å². The minimum atomic E-state index is -0.505. The molecule has 17 heavy (non-hydrogen) atoms. The van der Waals surface area contributed by atoms with Gasteiger partial charge in [-0.1, -0.05) is 12.1 Å². The fourth-order valence-corrected chi connectivity index (χ4v) is 1.77. The van der Waals surface area contributed by atoms with E-state index in [2.05, 4.69) is 5.32 Å². The molecular weight excluding hydrogens is 238 g/mol. The molecule has 0 fully saturated rings. The van der Waals surface area contributed by atoms with E-state index in [4.69, 9.17) is 16.3 Å². The molecule has 0 aliphatic carbocycles. The predicted octanol–water partition coefficient (Wildman–Crippen LogP) is 4.08. The Kier molecular flexibility index (Phi) is 4.40. The van der Waals surface area contributed by atoms with Crippen molar-refractivity contribution in [3.63, 3.8) is 0 Å². The normalized spacial score (nSPS) is 11.1. The lowest BCUT2D eigenvalue weighted by Gasteiger charge is -2.20. The number of amides is 1. The number of aryl methyl sites for hydroxylation is 1. The molecule has 0 radical (unpaired) electrons. The minimum absolute atomic E-state index is 0.359. The fourth-order valence-electron chi connectivity index (χ4n) is 1.41. The van der Waals surface area contributed by atoms with Crippen LogP contribution >= 0.6 is 11.6 Å². The number of hydrogen-bond donors (Lipinski definition) is 1. The Morgan fingerprint density at radius 1 is 1.41 bits per heavy atom. The van der Waals surface area contributed by atoms with E-state index in [-0.39, 0.29) is 0 Å². The standard InChI is InChI=1S/C13H18ClNO2/c1-9-6-5-7-11(10(9)8-14)15-12(16)17-13(2,3)4/h5-7H,8H2,1-4H3,(H,15,16). The number of hydrogen-bond acceptors (Lipinski definition) is 2. The first kappa shape index (κ1) is 13.8. The number of alkyl halides is 1. The zero-order valence-corrected chi connectivity index (χ0v) is 11.4. The first-order valence-electron chi connectivity index (χ1n) is 5.48. The molecule has 1 aromatic carbocycles. The Bertz CT molecular complexity index is 410. The molecular formula is C13H18ClNO2. The number of anilines is 1. The Hall–Kier alpha value is -1.22. The van der Waals surface area contributed by atoms with Gasteiger partial charge in [-0.2, -0.15) is 0 Å². The minimum Gasteiger partial charge on any atom is -0.444 e. The second-order valence-corrected chi connectivity index (χ2v) is 5.13. The van der Waals surface area contributed by atoms with Gasteiger partial charge in [0.25, 0.3) is 0 Å². The van der Waals surface area contributed by atoms with Crippen molar-refractivity contribution in [2.75, 3.05) is 5.32 Å². The molecule has 0 saturated heterocycles. The van der Waals surface area contributed by atoms with Crippen molar-refractivity contribution in [2.24, 2.45) is 0 Å².